The zero-order chi connectivity index (χ0) is 19.6. The number of hydrogen-bond acceptors (Lipinski definition) is 4. The Morgan fingerprint density at radius 1 is 1.21 bits per heavy atom. The molecule has 2 aromatic carbocycles. The highest BCUT2D eigenvalue weighted by molar-refractivity contribution is 5.94. The van der Waals surface area contributed by atoms with E-state index in [1.165, 1.54) is 5.56 Å². The van der Waals surface area contributed by atoms with E-state index >= 15 is 0 Å². The molecule has 0 aromatic heterocycles. The standard InChI is InChI=1S/C23H27NO4/c1-23(2)13-18-5-3-7-20(21(18)28-23)27-15-16-8-10-17(11-9-16)22(25)24-14-19-6-4-12-26-19/h3,5,7-11,19H,4,6,12-15H2,1-2H3,(H,24,25). The molecule has 0 bridgehead atoms. The van der Waals surface area contributed by atoms with E-state index in [-0.39, 0.29) is 17.6 Å². The van der Waals surface area contributed by atoms with Crippen LogP contribution in [0.15, 0.2) is 42.5 Å². The zero-order valence-corrected chi connectivity index (χ0v) is 16.5. The van der Waals surface area contributed by atoms with Gasteiger partial charge in [0.05, 0.1) is 6.10 Å². The second-order valence-electron chi connectivity index (χ2n) is 8.11. The van der Waals surface area contributed by atoms with Gasteiger partial charge in [0.1, 0.15) is 12.2 Å². The maximum absolute atomic E-state index is 12.3. The van der Waals surface area contributed by atoms with Crippen LogP contribution in [0.25, 0.3) is 0 Å². The zero-order valence-electron chi connectivity index (χ0n) is 16.5. The van der Waals surface area contributed by atoms with Gasteiger partial charge in [-0.15, -0.1) is 0 Å². The normalized spacial score (nSPS) is 19.7. The molecule has 148 valence electrons. The summed E-state index contributed by atoms with van der Waals surface area (Å²) in [5.74, 6) is 1.54. The molecule has 2 aliphatic rings. The van der Waals surface area contributed by atoms with Crippen molar-refractivity contribution in [2.24, 2.45) is 0 Å². The maximum Gasteiger partial charge on any atom is 0.251 e. The average Bonchev–Trinajstić information content (AvgIpc) is 3.31. The molecule has 0 aliphatic carbocycles. The Bertz CT molecular complexity index is 838. The molecular weight excluding hydrogens is 354 g/mol. The third-order valence-corrected chi connectivity index (χ3v) is 5.18. The van der Waals surface area contributed by atoms with Crippen LogP contribution >= 0.6 is 0 Å². The molecule has 5 heteroatoms. The van der Waals surface area contributed by atoms with Crippen molar-refractivity contribution in [2.45, 2.75) is 51.4 Å². The molecule has 1 N–H and O–H groups in total. The lowest BCUT2D eigenvalue weighted by molar-refractivity contribution is 0.0857. The summed E-state index contributed by atoms with van der Waals surface area (Å²) in [5, 5.41) is 2.94. The third kappa shape index (κ3) is 4.30. The van der Waals surface area contributed by atoms with Gasteiger partial charge in [0, 0.05) is 30.7 Å². The summed E-state index contributed by atoms with van der Waals surface area (Å²) in [6.45, 7) is 5.96. The number of hydrogen-bond donors (Lipinski definition) is 1. The summed E-state index contributed by atoms with van der Waals surface area (Å²) in [6.07, 6.45) is 3.12. The second kappa shape index (κ2) is 7.84. The molecule has 1 fully saturated rings. The highest BCUT2D eigenvalue weighted by Gasteiger charge is 2.32. The quantitative estimate of drug-likeness (QED) is 0.825. The lowest BCUT2D eigenvalue weighted by atomic mass is 10.0. The third-order valence-electron chi connectivity index (χ3n) is 5.18. The molecule has 1 unspecified atom stereocenters. The van der Waals surface area contributed by atoms with Crippen molar-refractivity contribution in [2.75, 3.05) is 13.2 Å². The van der Waals surface area contributed by atoms with Crippen LogP contribution in [0.5, 0.6) is 11.5 Å². The van der Waals surface area contributed by atoms with E-state index < -0.39 is 0 Å². The fraction of sp³-hybridized carbons (Fsp3) is 0.435. The van der Waals surface area contributed by atoms with Crippen molar-refractivity contribution >= 4 is 5.91 Å². The van der Waals surface area contributed by atoms with Crippen LogP contribution in [0.3, 0.4) is 0 Å². The molecule has 0 spiro atoms. The Kier molecular flexibility index (Phi) is 5.27. The number of rotatable bonds is 6. The van der Waals surface area contributed by atoms with Gasteiger partial charge in [-0.05, 0) is 50.5 Å². The van der Waals surface area contributed by atoms with E-state index in [1.807, 2.05) is 36.4 Å². The number of carbonyl (C=O) groups is 1. The Balaban J connectivity index is 1.33. The molecule has 0 saturated carbocycles. The SMILES string of the molecule is CC1(C)Cc2cccc(OCc3ccc(C(=O)NCC4CCCO4)cc3)c2O1. The number of carbonyl (C=O) groups excluding carboxylic acids is 1. The van der Waals surface area contributed by atoms with Crippen LogP contribution in [0, 0.1) is 0 Å². The first kappa shape index (κ1) is 18.8. The number of ether oxygens (including phenoxy) is 3. The lowest BCUT2D eigenvalue weighted by Gasteiger charge is -2.18. The van der Waals surface area contributed by atoms with Crippen LogP contribution < -0.4 is 14.8 Å². The van der Waals surface area contributed by atoms with E-state index in [4.69, 9.17) is 14.2 Å². The molecule has 2 aliphatic heterocycles. The van der Waals surface area contributed by atoms with Gasteiger partial charge in [0.25, 0.3) is 5.91 Å². The van der Waals surface area contributed by atoms with Crippen molar-refractivity contribution < 1.29 is 19.0 Å². The maximum atomic E-state index is 12.3. The van der Waals surface area contributed by atoms with Gasteiger partial charge in [0.15, 0.2) is 11.5 Å². The van der Waals surface area contributed by atoms with Gasteiger partial charge in [-0.25, -0.2) is 0 Å². The molecule has 2 heterocycles. The predicted octanol–water partition coefficient (Wildman–Crippen LogP) is 3.89. The van der Waals surface area contributed by atoms with Crippen LogP contribution in [0.2, 0.25) is 0 Å². The summed E-state index contributed by atoms with van der Waals surface area (Å²) < 4.78 is 17.6. The summed E-state index contributed by atoms with van der Waals surface area (Å²) in [6, 6.07) is 13.5. The summed E-state index contributed by atoms with van der Waals surface area (Å²) >= 11 is 0. The molecule has 1 atom stereocenters. The monoisotopic (exact) mass is 381 g/mol. The Morgan fingerprint density at radius 2 is 2.04 bits per heavy atom. The molecule has 2 aromatic rings. The minimum absolute atomic E-state index is 0.0699. The molecule has 0 radical (unpaired) electrons. The molecule has 4 rings (SSSR count). The highest BCUT2D eigenvalue weighted by Crippen LogP contribution is 2.41. The Hall–Kier alpha value is -2.53. The van der Waals surface area contributed by atoms with Gasteiger partial charge in [0.2, 0.25) is 0 Å². The van der Waals surface area contributed by atoms with E-state index in [2.05, 4.69) is 25.2 Å². The van der Waals surface area contributed by atoms with Crippen LogP contribution in [-0.4, -0.2) is 30.8 Å². The van der Waals surface area contributed by atoms with Gasteiger partial charge >= 0.3 is 0 Å². The fourth-order valence-electron chi connectivity index (χ4n) is 3.73. The molecule has 28 heavy (non-hydrogen) atoms. The largest absolute Gasteiger partial charge is 0.485 e. The van der Waals surface area contributed by atoms with Gasteiger partial charge < -0.3 is 19.5 Å². The number of fused-ring (bicyclic) bond motifs is 1. The molecular formula is C23H27NO4. The minimum Gasteiger partial charge on any atom is -0.485 e. The lowest BCUT2D eigenvalue weighted by Crippen LogP contribution is -2.31. The van der Waals surface area contributed by atoms with Crippen molar-refractivity contribution in [3.8, 4) is 11.5 Å². The van der Waals surface area contributed by atoms with Gasteiger partial charge in [-0.3, -0.25) is 4.79 Å². The van der Waals surface area contributed by atoms with E-state index in [0.717, 1.165) is 42.9 Å². The first-order chi connectivity index (χ1) is 13.5. The highest BCUT2D eigenvalue weighted by atomic mass is 16.5. The first-order valence-electron chi connectivity index (χ1n) is 9.93. The minimum atomic E-state index is -0.194. The number of benzene rings is 2. The smallest absolute Gasteiger partial charge is 0.251 e. The number of nitrogens with one attached hydrogen (secondary N) is 1. The summed E-state index contributed by atoms with van der Waals surface area (Å²) in [4.78, 5) is 12.3. The number of para-hydroxylation sites is 1. The van der Waals surface area contributed by atoms with Crippen molar-refractivity contribution in [3.05, 3.63) is 59.2 Å². The molecule has 1 amide bonds. The number of amides is 1. The summed E-state index contributed by atoms with van der Waals surface area (Å²) in [5.41, 5.74) is 2.64. The van der Waals surface area contributed by atoms with E-state index in [0.29, 0.717) is 18.7 Å². The average molecular weight is 381 g/mol. The Morgan fingerprint density at radius 3 is 2.79 bits per heavy atom. The van der Waals surface area contributed by atoms with Crippen LogP contribution in [0.1, 0.15) is 48.2 Å². The van der Waals surface area contributed by atoms with Crippen molar-refractivity contribution in [1.29, 1.82) is 0 Å². The van der Waals surface area contributed by atoms with Gasteiger partial charge in [-0.1, -0.05) is 24.3 Å². The first-order valence-corrected chi connectivity index (χ1v) is 9.93. The van der Waals surface area contributed by atoms with Crippen LogP contribution in [-0.2, 0) is 17.8 Å². The van der Waals surface area contributed by atoms with E-state index in [9.17, 15) is 4.79 Å². The predicted molar refractivity (Wildman–Crippen MR) is 107 cm³/mol. The topological polar surface area (TPSA) is 56.8 Å². The van der Waals surface area contributed by atoms with E-state index in [1.54, 1.807) is 0 Å². The van der Waals surface area contributed by atoms with Crippen LogP contribution in [0.4, 0.5) is 0 Å². The molecule has 5 nitrogen and oxygen atoms in total. The van der Waals surface area contributed by atoms with Crippen molar-refractivity contribution in [1.82, 2.24) is 5.32 Å². The van der Waals surface area contributed by atoms with Gasteiger partial charge in [-0.2, -0.15) is 0 Å². The molecule has 1 saturated heterocycles. The van der Waals surface area contributed by atoms with Crippen molar-refractivity contribution in [3.63, 3.8) is 0 Å². The second-order valence-corrected chi connectivity index (χ2v) is 8.11. The fourth-order valence-corrected chi connectivity index (χ4v) is 3.73. The summed E-state index contributed by atoms with van der Waals surface area (Å²) in [7, 11) is 0. The Labute approximate surface area is 166 Å².